The van der Waals surface area contributed by atoms with E-state index in [1.165, 1.54) is 48.5 Å². The quantitative estimate of drug-likeness (QED) is 0.136. The van der Waals surface area contributed by atoms with Gasteiger partial charge in [0.25, 0.3) is 20.0 Å². The molecule has 1 aliphatic rings. The van der Waals surface area contributed by atoms with E-state index in [0.29, 0.717) is 29.8 Å². The molecule has 1 amide bonds. The molecular formula is C38H31Cl2F2N3O7S2. The second-order valence-corrected chi connectivity index (χ2v) is 16.8. The fraction of sp³-hybridized carbons (Fsp3) is 0.158. The molecule has 1 N–H and O–H groups in total. The molecule has 1 saturated heterocycles. The number of rotatable bonds is 12. The molecule has 1 fully saturated rings. The minimum absolute atomic E-state index is 0.0288. The van der Waals surface area contributed by atoms with Crippen molar-refractivity contribution < 1.29 is 40.3 Å². The molecule has 2 unspecified atom stereocenters. The Kier molecular flexibility index (Phi) is 11.3. The van der Waals surface area contributed by atoms with Crippen molar-refractivity contribution in [2.45, 2.75) is 34.7 Å². The maximum atomic E-state index is 15.2. The number of carboxylic acids is 1. The number of benzene rings is 5. The first-order chi connectivity index (χ1) is 25.7. The lowest BCUT2D eigenvalue weighted by molar-refractivity contribution is -0.138. The van der Waals surface area contributed by atoms with Gasteiger partial charge in [0.1, 0.15) is 18.2 Å². The lowest BCUT2D eigenvalue weighted by Crippen LogP contribution is -2.44. The van der Waals surface area contributed by atoms with E-state index in [2.05, 4.69) is 0 Å². The van der Waals surface area contributed by atoms with Gasteiger partial charge >= 0.3 is 5.97 Å². The summed E-state index contributed by atoms with van der Waals surface area (Å²) in [6.45, 7) is -0.413. The van der Waals surface area contributed by atoms with Gasteiger partial charge in [0, 0.05) is 22.2 Å². The van der Waals surface area contributed by atoms with Gasteiger partial charge in [-0.2, -0.15) is 0 Å². The highest BCUT2D eigenvalue weighted by Gasteiger charge is 2.42. The van der Waals surface area contributed by atoms with Crippen LogP contribution in [0, 0.1) is 11.6 Å². The van der Waals surface area contributed by atoms with E-state index < -0.39 is 71.5 Å². The number of aliphatic carboxylic acids is 1. The molecular weight excluding hydrogens is 783 g/mol. The highest BCUT2D eigenvalue weighted by Crippen LogP contribution is 2.39. The molecule has 0 radical (unpaired) electrons. The standard InChI is InChI=1S/C38H31Cl2F2N3O7S2/c39-26-8-15-30(16-9-26)44(24-36(46)43-22-4-7-34(43)25-5-2-1-3-6-25)54(51,52)35-21-14-29(42)23-33(35)37(38(47)48)45(31-17-10-27(40)11-18-31)53(49,50)32-19-12-28(41)13-20-32/h1-3,5-6,8-21,23,34,37H,4,7,22,24H2,(H,47,48). The van der Waals surface area contributed by atoms with Crippen LogP contribution in [0.2, 0.25) is 10.0 Å². The number of carbonyl (C=O) groups is 2. The number of hydrogen-bond donors (Lipinski definition) is 1. The van der Waals surface area contributed by atoms with E-state index in [9.17, 15) is 35.9 Å². The molecule has 10 nitrogen and oxygen atoms in total. The van der Waals surface area contributed by atoms with Gasteiger partial charge in [-0.05, 0) is 109 Å². The number of sulfonamides is 2. The molecule has 5 aromatic rings. The van der Waals surface area contributed by atoms with Crippen molar-refractivity contribution in [3.05, 3.63) is 154 Å². The maximum Gasteiger partial charge on any atom is 0.332 e. The summed E-state index contributed by atoms with van der Waals surface area (Å²) in [6.07, 6.45) is 1.29. The number of halogens is 4. The average Bonchev–Trinajstić information content (AvgIpc) is 3.64. The van der Waals surface area contributed by atoms with Gasteiger partial charge in [-0.1, -0.05) is 53.5 Å². The van der Waals surface area contributed by atoms with E-state index in [1.807, 2.05) is 30.3 Å². The average molecular weight is 815 g/mol. The Balaban J connectivity index is 1.51. The van der Waals surface area contributed by atoms with Gasteiger partial charge in [0.15, 0.2) is 6.04 Å². The predicted molar refractivity (Wildman–Crippen MR) is 200 cm³/mol. The summed E-state index contributed by atoms with van der Waals surface area (Å²) in [5.41, 5.74) is -0.231. The summed E-state index contributed by atoms with van der Waals surface area (Å²) in [7, 11) is -9.97. The largest absolute Gasteiger partial charge is 0.479 e. The van der Waals surface area contributed by atoms with Crippen LogP contribution >= 0.6 is 23.2 Å². The van der Waals surface area contributed by atoms with Crippen LogP contribution in [-0.4, -0.2) is 51.8 Å². The van der Waals surface area contributed by atoms with Crippen molar-refractivity contribution in [1.29, 1.82) is 0 Å². The van der Waals surface area contributed by atoms with Crippen LogP contribution in [0.5, 0.6) is 0 Å². The first-order valence-corrected chi connectivity index (χ1v) is 20.0. The second-order valence-electron chi connectivity index (χ2n) is 12.3. The zero-order chi connectivity index (χ0) is 38.8. The summed E-state index contributed by atoms with van der Waals surface area (Å²) in [5.74, 6) is -4.31. The minimum atomic E-state index is -5.02. The Morgan fingerprint density at radius 2 is 1.33 bits per heavy atom. The van der Waals surface area contributed by atoms with Gasteiger partial charge in [-0.3, -0.25) is 9.10 Å². The Labute approximate surface area is 320 Å². The van der Waals surface area contributed by atoms with Crippen LogP contribution in [0.3, 0.4) is 0 Å². The SMILES string of the molecule is O=C(O)C(c1cc(F)ccc1S(=O)(=O)N(CC(=O)N1CCCC1c1ccccc1)c1ccc(Cl)cc1)N(c1ccc(Cl)cc1)S(=O)(=O)c1ccc(F)cc1. The van der Waals surface area contributed by atoms with Crippen LogP contribution in [0.4, 0.5) is 20.2 Å². The predicted octanol–water partition coefficient (Wildman–Crippen LogP) is 7.85. The Hall–Kier alpha value is -5.02. The summed E-state index contributed by atoms with van der Waals surface area (Å²) >= 11 is 12.2. The summed E-state index contributed by atoms with van der Waals surface area (Å²) in [5, 5.41) is 11.2. The third kappa shape index (κ3) is 7.92. The zero-order valence-corrected chi connectivity index (χ0v) is 31.2. The van der Waals surface area contributed by atoms with Crippen molar-refractivity contribution in [2.75, 3.05) is 21.7 Å². The molecule has 0 spiro atoms. The Morgan fingerprint density at radius 1 is 0.759 bits per heavy atom. The molecule has 0 bridgehead atoms. The molecule has 0 saturated carbocycles. The number of anilines is 2. The molecule has 280 valence electrons. The molecule has 1 aliphatic heterocycles. The minimum Gasteiger partial charge on any atom is -0.479 e. The fourth-order valence-electron chi connectivity index (χ4n) is 6.40. The third-order valence-electron chi connectivity index (χ3n) is 8.91. The van der Waals surface area contributed by atoms with E-state index in [0.717, 1.165) is 46.3 Å². The van der Waals surface area contributed by atoms with Crippen LogP contribution < -0.4 is 8.61 Å². The van der Waals surface area contributed by atoms with Gasteiger partial charge < -0.3 is 10.0 Å². The molecule has 2 atom stereocenters. The van der Waals surface area contributed by atoms with E-state index >= 15 is 4.39 Å². The third-order valence-corrected chi connectivity index (χ3v) is 13.1. The molecule has 1 heterocycles. The van der Waals surface area contributed by atoms with Crippen LogP contribution in [0.1, 0.15) is 36.1 Å². The first-order valence-electron chi connectivity index (χ1n) is 16.4. The van der Waals surface area contributed by atoms with Gasteiger partial charge in [-0.15, -0.1) is 0 Å². The monoisotopic (exact) mass is 813 g/mol. The van der Waals surface area contributed by atoms with Gasteiger partial charge in [0.2, 0.25) is 5.91 Å². The Bertz CT molecular complexity index is 2390. The van der Waals surface area contributed by atoms with Crippen molar-refractivity contribution in [3.63, 3.8) is 0 Å². The number of carbonyl (C=O) groups excluding carboxylic acids is 1. The van der Waals surface area contributed by atoms with Gasteiger partial charge in [0.05, 0.1) is 27.2 Å². The Morgan fingerprint density at radius 3 is 1.93 bits per heavy atom. The van der Waals surface area contributed by atoms with Crippen molar-refractivity contribution in [1.82, 2.24) is 4.90 Å². The molecule has 0 aromatic heterocycles. The summed E-state index contributed by atoms with van der Waals surface area (Å²) in [6, 6.07) is 22.6. The highest BCUT2D eigenvalue weighted by molar-refractivity contribution is 7.93. The van der Waals surface area contributed by atoms with E-state index in [-0.39, 0.29) is 27.5 Å². The maximum absolute atomic E-state index is 15.2. The smallest absolute Gasteiger partial charge is 0.332 e. The zero-order valence-electron chi connectivity index (χ0n) is 28.1. The fourth-order valence-corrected chi connectivity index (χ4v) is 9.87. The van der Waals surface area contributed by atoms with Crippen LogP contribution in [-0.2, 0) is 29.6 Å². The summed E-state index contributed by atoms with van der Waals surface area (Å²) < 4.78 is 88.7. The first kappa shape index (κ1) is 38.7. The van der Waals surface area contributed by atoms with Gasteiger partial charge in [-0.25, -0.2) is 34.7 Å². The number of hydrogen-bond acceptors (Lipinski definition) is 6. The van der Waals surface area contributed by atoms with Crippen molar-refractivity contribution >= 4 is 66.5 Å². The van der Waals surface area contributed by atoms with Crippen molar-refractivity contribution in [2.24, 2.45) is 0 Å². The van der Waals surface area contributed by atoms with Crippen molar-refractivity contribution in [3.8, 4) is 0 Å². The molecule has 5 aromatic carbocycles. The summed E-state index contributed by atoms with van der Waals surface area (Å²) in [4.78, 5) is 27.6. The molecule has 16 heteroatoms. The molecule has 54 heavy (non-hydrogen) atoms. The lowest BCUT2D eigenvalue weighted by Gasteiger charge is -2.33. The highest BCUT2D eigenvalue weighted by atomic mass is 35.5. The number of carboxylic acid groups (broad SMARTS) is 1. The molecule has 0 aliphatic carbocycles. The lowest BCUT2D eigenvalue weighted by atomic mass is 10.0. The normalized spacial score (nSPS) is 15.1. The van der Waals surface area contributed by atoms with Crippen LogP contribution in [0.15, 0.2) is 131 Å². The van der Waals surface area contributed by atoms with E-state index in [4.69, 9.17) is 23.2 Å². The number of nitrogens with zero attached hydrogens (tertiary/aromatic N) is 3. The second kappa shape index (κ2) is 15.8. The van der Waals surface area contributed by atoms with E-state index in [1.54, 1.807) is 4.90 Å². The topological polar surface area (TPSA) is 132 Å². The molecule has 6 rings (SSSR count). The van der Waals surface area contributed by atoms with Crippen LogP contribution in [0.25, 0.3) is 0 Å². The number of likely N-dealkylation sites (tertiary alicyclic amines) is 1. The number of amides is 1.